The molecule has 0 spiro atoms. The summed E-state index contributed by atoms with van der Waals surface area (Å²) in [6.45, 7) is 0.476. The first kappa shape index (κ1) is 9.74. The van der Waals surface area contributed by atoms with E-state index in [-0.39, 0.29) is 0 Å². The second-order valence-electron chi connectivity index (χ2n) is 1.47. The van der Waals surface area contributed by atoms with Crippen LogP contribution in [0.25, 0.3) is 0 Å². The number of carbonyl (C=O) groups excluding carboxylic acids is 1. The number of ether oxygens (including phenoxy) is 1. The predicted molar refractivity (Wildman–Crippen MR) is 32.7 cm³/mol. The second-order valence-corrected chi connectivity index (χ2v) is 2.91. The number of carbonyl (C=O) groups is 1. The van der Waals surface area contributed by atoms with Crippen molar-refractivity contribution in [1.29, 1.82) is 0 Å². The van der Waals surface area contributed by atoms with Gasteiger partial charge in [0.1, 0.15) is 0 Å². The van der Waals surface area contributed by atoms with E-state index >= 15 is 0 Å². The maximum atomic E-state index is 10.00. The molecule has 0 atom stereocenters. The first-order valence-electron chi connectivity index (χ1n) is 2.36. The fraction of sp³-hybridized carbons (Fsp3) is 0.667. The van der Waals surface area contributed by atoms with Gasteiger partial charge in [0.25, 0.3) is 0 Å². The normalized spacial score (nSPS) is 12.8. The molecule has 0 aliphatic carbocycles. The average molecular weight is 172 g/mol. The summed E-state index contributed by atoms with van der Waals surface area (Å²) in [7, 11) is -4.50. The first-order chi connectivity index (χ1) is 4.42. The number of esters is 1. The summed E-state index contributed by atoms with van der Waals surface area (Å²) >= 11 is 0. The SMILES string of the molecule is CC(=O)OCO[PH](O)(O)O. The molecule has 0 aliphatic rings. The molecule has 0 bridgehead atoms. The second kappa shape index (κ2) is 3.80. The van der Waals surface area contributed by atoms with Gasteiger partial charge in [0.2, 0.25) is 0 Å². The number of hydrogen-bond donors (Lipinski definition) is 3. The molecule has 0 aromatic heterocycles. The molecule has 3 N–H and O–H groups in total. The van der Waals surface area contributed by atoms with Gasteiger partial charge >= 0.3 is 56.6 Å². The quantitative estimate of drug-likeness (QED) is 0.284. The molecule has 0 saturated carbocycles. The van der Waals surface area contributed by atoms with E-state index in [0.717, 1.165) is 6.92 Å². The minimum atomic E-state index is -4.50. The Balaban J connectivity index is 3.29. The third kappa shape index (κ3) is 7.74. The van der Waals surface area contributed by atoms with Crippen molar-refractivity contribution in [1.82, 2.24) is 0 Å². The summed E-state index contributed by atoms with van der Waals surface area (Å²) in [5, 5.41) is 0. The van der Waals surface area contributed by atoms with Gasteiger partial charge in [-0.25, -0.2) is 0 Å². The van der Waals surface area contributed by atoms with Crippen molar-refractivity contribution >= 4 is 14.1 Å². The van der Waals surface area contributed by atoms with Gasteiger partial charge < -0.3 is 0 Å². The minimum absolute atomic E-state index is 0.627. The molecular formula is C3H9O6P. The molecule has 6 nitrogen and oxygen atoms in total. The van der Waals surface area contributed by atoms with Crippen LogP contribution in [-0.2, 0) is 14.1 Å². The molecule has 0 fully saturated rings. The van der Waals surface area contributed by atoms with E-state index in [1.165, 1.54) is 0 Å². The first-order valence-corrected chi connectivity index (χ1v) is 4.11. The predicted octanol–water partition coefficient (Wildman–Crippen LogP) is -1.09. The molecule has 0 aromatic carbocycles. The monoisotopic (exact) mass is 172 g/mol. The Hall–Kier alpha value is -0.260. The van der Waals surface area contributed by atoms with Crippen molar-refractivity contribution in [3.05, 3.63) is 0 Å². The van der Waals surface area contributed by atoms with Crippen LogP contribution in [0.2, 0.25) is 0 Å². The molecule has 0 unspecified atom stereocenters. The number of rotatable bonds is 3. The molecule has 0 amide bonds. The van der Waals surface area contributed by atoms with E-state index in [9.17, 15) is 4.79 Å². The maximum absolute atomic E-state index is 10.00. The third-order valence-electron chi connectivity index (χ3n) is 0.515. The van der Waals surface area contributed by atoms with Crippen molar-refractivity contribution in [3.63, 3.8) is 0 Å². The van der Waals surface area contributed by atoms with Crippen LogP contribution >= 0.6 is 8.17 Å². The molecule has 62 valence electrons. The van der Waals surface area contributed by atoms with E-state index < -0.39 is 20.9 Å². The Labute approximate surface area is 57.7 Å². The third-order valence-corrected chi connectivity index (χ3v) is 1.02. The van der Waals surface area contributed by atoms with Gasteiger partial charge in [-0.2, -0.15) is 0 Å². The average Bonchev–Trinajstić information content (AvgIpc) is 1.59. The van der Waals surface area contributed by atoms with Gasteiger partial charge in [-0.05, 0) is 0 Å². The van der Waals surface area contributed by atoms with Crippen molar-refractivity contribution in [2.24, 2.45) is 0 Å². The fourth-order valence-electron chi connectivity index (χ4n) is 0.192. The zero-order valence-electron chi connectivity index (χ0n) is 5.27. The summed E-state index contributed by atoms with van der Waals surface area (Å²) in [4.78, 5) is 34.5. The Bertz CT molecular complexity index is 117. The summed E-state index contributed by atoms with van der Waals surface area (Å²) in [5.74, 6) is -0.627. The van der Waals surface area contributed by atoms with Crippen molar-refractivity contribution in [2.75, 3.05) is 6.79 Å². The van der Waals surface area contributed by atoms with Crippen LogP contribution in [-0.4, -0.2) is 27.4 Å². The van der Waals surface area contributed by atoms with E-state index in [1.807, 2.05) is 0 Å². The Morgan fingerprint density at radius 2 is 2.00 bits per heavy atom. The van der Waals surface area contributed by atoms with E-state index in [0.29, 0.717) is 0 Å². The van der Waals surface area contributed by atoms with Crippen LogP contribution in [0.3, 0.4) is 0 Å². The topological polar surface area (TPSA) is 96.2 Å². The Morgan fingerprint density at radius 1 is 1.50 bits per heavy atom. The molecule has 0 rings (SSSR count). The molecule has 0 aliphatic heterocycles. The number of hydrogen-bond acceptors (Lipinski definition) is 6. The van der Waals surface area contributed by atoms with Gasteiger partial charge in [0, 0.05) is 0 Å². The standard InChI is InChI=1S/C3H9O6P/c1-3(4)8-2-9-10(5,6)7/h5-7,10H,2H2,1H3. The molecular weight excluding hydrogens is 163 g/mol. The van der Waals surface area contributed by atoms with Crippen LogP contribution in [0.5, 0.6) is 0 Å². The van der Waals surface area contributed by atoms with Crippen LogP contribution < -0.4 is 0 Å². The van der Waals surface area contributed by atoms with E-state index in [4.69, 9.17) is 14.7 Å². The van der Waals surface area contributed by atoms with Gasteiger partial charge in [0.15, 0.2) is 0 Å². The zero-order valence-corrected chi connectivity index (χ0v) is 6.27. The fourth-order valence-corrected chi connectivity index (χ4v) is 0.409. The van der Waals surface area contributed by atoms with Gasteiger partial charge in [0.05, 0.1) is 0 Å². The Kier molecular flexibility index (Phi) is 3.70. The van der Waals surface area contributed by atoms with Gasteiger partial charge in [-0.1, -0.05) is 0 Å². The summed E-state index contributed by atoms with van der Waals surface area (Å²) in [6.07, 6.45) is 0. The van der Waals surface area contributed by atoms with E-state index in [2.05, 4.69) is 9.26 Å². The van der Waals surface area contributed by atoms with Crippen LogP contribution in [0.1, 0.15) is 6.92 Å². The Morgan fingerprint density at radius 3 is 2.30 bits per heavy atom. The molecule has 0 aromatic rings. The molecule has 10 heavy (non-hydrogen) atoms. The molecule has 7 heteroatoms. The van der Waals surface area contributed by atoms with Crippen molar-refractivity contribution < 1.29 is 28.7 Å². The summed E-state index contributed by atoms with van der Waals surface area (Å²) < 4.78 is 8.01. The molecule has 0 saturated heterocycles. The van der Waals surface area contributed by atoms with Crippen LogP contribution in [0.15, 0.2) is 0 Å². The zero-order chi connectivity index (χ0) is 8.20. The van der Waals surface area contributed by atoms with Crippen molar-refractivity contribution in [2.45, 2.75) is 6.92 Å². The molecule has 0 radical (unpaired) electrons. The molecule has 0 heterocycles. The summed E-state index contributed by atoms with van der Waals surface area (Å²) in [5.41, 5.74) is 0. The van der Waals surface area contributed by atoms with E-state index in [1.54, 1.807) is 0 Å². The van der Waals surface area contributed by atoms with Gasteiger partial charge in [-0.3, -0.25) is 0 Å². The van der Waals surface area contributed by atoms with Crippen LogP contribution in [0, 0.1) is 0 Å². The summed E-state index contributed by atoms with van der Waals surface area (Å²) in [6, 6.07) is 0. The van der Waals surface area contributed by atoms with Crippen LogP contribution in [0.4, 0.5) is 0 Å². The van der Waals surface area contributed by atoms with Gasteiger partial charge in [-0.15, -0.1) is 0 Å². The van der Waals surface area contributed by atoms with Crippen molar-refractivity contribution in [3.8, 4) is 0 Å².